The molecule has 0 saturated carbocycles. The molecule has 0 aromatic heterocycles. The maximum atomic E-state index is 12.9. The number of nitrogens with zero attached hydrogens (tertiary/aromatic N) is 1. The second-order valence-corrected chi connectivity index (χ2v) is 5.63. The Kier molecular flexibility index (Phi) is 3.65. The van der Waals surface area contributed by atoms with Gasteiger partial charge in [-0.05, 0) is 49.9 Å². The van der Waals surface area contributed by atoms with Crippen molar-refractivity contribution < 1.29 is 4.79 Å². The van der Waals surface area contributed by atoms with E-state index in [0.717, 1.165) is 37.1 Å². The third-order valence-corrected chi connectivity index (χ3v) is 4.04. The third-order valence-electron chi connectivity index (χ3n) is 4.04. The number of anilines is 2. The van der Waals surface area contributed by atoms with Gasteiger partial charge in [0, 0.05) is 17.9 Å². The van der Waals surface area contributed by atoms with Crippen LogP contribution in [0.2, 0.25) is 0 Å². The summed E-state index contributed by atoms with van der Waals surface area (Å²) in [5, 5.41) is 0. The lowest BCUT2D eigenvalue weighted by Crippen LogP contribution is -2.32. The second kappa shape index (κ2) is 5.60. The van der Waals surface area contributed by atoms with Crippen LogP contribution >= 0.6 is 0 Å². The average molecular weight is 280 g/mol. The predicted octanol–water partition coefficient (Wildman–Crippen LogP) is 3.56. The van der Waals surface area contributed by atoms with E-state index in [1.54, 1.807) is 0 Å². The molecule has 0 atom stereocenters. The molecular weight excluding hydrogens is 260 g/mol. The highest BCUT2D eigenvalue weighted by Gasteiger charge is 2.23. The van der Waals surface area contributed by atoms with E-state index in [4.69, 9.17) is 5.73 Å². The van der Waals surface area contributed by atoms with Gasteiger partial charge < -0.3 is 10.6 Å². The fourth-order valence-corrected chi connectivity index (χ4v) is 2.90. The molecule has 0 spiro atoms. The molecule has 0 aliphatic carbocycles. The second-order valence-electron chi connectivity index (χ2n) is 5.63. The van der Waals surface area contributed by atoms with Crippen molar-refractivity contribution in [2.24, 2.45) is 0 Å². The van der Waals surface area contributed by atoms with Gasteiger partial charge in [0.1, 0.15) is 0 Å². The van der Waals surface area contributed by atoms with Gasteiger partial charge in [-0.2, -0.15) is 0 Å². The summed E-state index contributed by atoms with van der Waals surface area (Å²) in [7, 11) is 0. The Morgan fingerprint density at radius 3 is 2.81 bits per heavy atom. The SMILES string of the molecule is Cc1ccc(N)c(C(=O)N2CCCCc3ccccc32)c1. The number of carbonyl (C=O) groups is 1. The minimum Gasteiger partial charge on any atom is -0.398 e. The molecule has 1 amide bonds. The van der Waals surface area contributed by atoms with E-state index < -0.39 is 0 Å². The lowest BCUT2D eigenvalue weighted by Gasteiger charge is -2.23. The fraction of sp³-hybridized carbons (Fsp3) is 0.278. The van der Waals surface area contributed by atoms with E-state index in [1.165, 1.54) is 5.56 Å². The van der Waals surface area contributed by atoms with E-state index in [0.29, 0.717) is 11.3 Å². The van der Waals surface area contributed by atoms with Gasteiger partial charge in [-0.1, -0.05) is 29.8 Å². The number of amides is 1. The first-order chi connectivity index (χ1) is 10.2. The molecule has 0 bridgehead atoms. The van der Waals surface area contributed by atoms with Gasteiger partial charge in [-0.3, -0.25) is 4.79 Å². The Morgan fingerprint density at radius 2 is 1.95 bits per heavy atom. The maximum Gasteiger partial charge on any atom is 0.260 e. The topological polar surface area (TPSA) is 46.3 Å². The van der Waals surface area contributed by atoms with Gasteiger partial charge in [-0.25, -0.2) is 0 Å². The summed E-state index contributed by atoms with van der Waals surface area (Å²) in [6.45, 7) is 2.73. The van der Waals surface area contributed by atoms with Crippen molar-refractivity contribution in [3.8, 4) is 0 Å². The predicted molar refractivity (Wildman–Crippen MR) is 86.6 cm³/mol. The van der Waals surface area contributed by atoms with Crippen molar-refractivity contribution in [3.05, 3.63) is 59.2 Å². The van der Waals surface area contributed by atoms with Crippen LogP contribution in [0.4, 0.5) is 11.4 Å². The van der Waals surface area contributed by atoms with Crippen LogP contribution in [0.25, 0.3) is 0 Å². The summed E-state index contributed by atoms with van der Waals surface area (Å²) in [5.41, 5.74) is 10.5. The first-order valence-electron chi connectivity index (χ1n) is 7.43. The van der Waals surface area contributed by atoms with Gasteiger partial charge >= 0.3 is 0 Å². The first kappa shape index (κ1) is 13.7. The molecule has 0 radical (unpaired) electrons. The number of nitrogens with two attached hydrogens (primary N) is 1. The number of fused-ring (bicyclic) bond motifs is 1. The van der Waals surface area contributed by atoms with Crippen molar-refractivity contribution in [2.75, 3.05) is 17.2 Å². The molecule has 2 aromatic rings. The minimum absolute atomic E-state index is 0.00514. The van der Waals surface area contributed by atoms with E-state index in [1.807, 2.05) is 48.2 Å². The molecule has 1 aliphatic rings. The Bertz CT molecular complexity index is 679. The molecular formula is C18H20N2O. The van der Waals surface area contributed by atoms with Crippen molar-refractivity contribution in [3.63, 3.8) is 0 Å². The zero-order valence-electron chi connectivity index (χ0n) is 12.3. The van der Waals surface area contributed by atoms with Crippen LogP contribution in [-0.4, -0.2) is 12.5 Å². The van der Waals surface area contributed by atoms with Gasteiger partial charge in [-0.15, -0.1) is 0 Å². The summed E-state index contributed by atoms with van der Waals surface area (Å²) in [4.78, 5) is 14.8. The quantitative estimate of drug-likeness (QED) is 0.812. The molecule has 3 nitrogen and oxygen atoms in total. The highest BCUT2D eigenvalue weighted by atomic mass is 16.2. The number of benzene rings is 2. The van der Waals surface area contributed by atoms with Gasteiger partial charge in [0.2, 0.25) is 0 Å². The van der Waals surface area contributed by atoms with Crippen molar-refractivity contribution in [1.29, 1.82) is 0 Å². The molecule has 1 heterocycles. The number of para-hydroxylation sites is 1. The van der Waals surface area contributed by atoms with Crippen molar-refractivity contribution in [2.45, 2.75) is 26.2 Å². The summed E-state index contributed by atoms with van der Waals surface area (Å²) in [6, 6.07) is 13.8. The number of carbonyl (C=O) groups excluding carboxylic acids is 1. The summed E-state index contributed by atoms with van der Waals surface area (Å²) >= 11 is 0. The molecule has 21 heavy (non-hydrogen) atoms. The van der Waals surface area contributed by atoms with E-state index in [9.17, 15) is 4.79 Å². The van der Waals surface area contributed by atoms with Crippen LogP contribution in [0.15, 0.2) is 42.5 Å². The molecule has 108 valence electrons. The molecule has 3 rings (SSSR count). The van der Waals surface area contributed by atoms with Crippen LogP contribution < -0.4 is 10.6 Å². The van der Waals surface area contributed by atoms with Gasteiger partial charge in [0.15, 0.2) is 0 Å². The largest absolute Gasteiger partial charge is 0.398 e. The van der Waals surface area contributed by atoms with Gasteiger partial charge in [0.25, 0.3) is 5.91 Å². The van der Waals surface area contributed by atoms with Crippen molar-refractivity contribution in [1.82, 2.24) is 0 Å². The summed E-state index contributed by atoms with van der Waals surface area (Å²) in [5.74, 6) is 0.00514. The van der Waals surface area contributed by atoms with Crippen LogP contribution in [-0.2, 0) is 6.42 Å². The standard InChI is InChI=1S/C18H20N2O/c1-13-9-10-16(19)15(12-13)18(21)20-11-5-4-7-14-6-2-3-8-17(14)20/h2-3,6,8-10,12H,4-5,7,11,19H2,1H3. The van der Waals surface area contributed by atoms with Crippen LogP contribution in [0.3, 0.4) is 0 Å². The summed E-state index contributed by atoms with van der Waals surface area (Å²) < 4.78 is 0. The molecule has 2 N–H and O–H groups in total. The van der Waals surface area contributed by atoms with E-state index in [-0.39, 0.29) is 5.91 Å². The van der Waals surface area contributed by atoms with Crippen LogP contribution in [0.1, 0.15) is 34.3 Å². The lowest BCUT2D eigenvalue weighted by atomic mass is 10.1. The number of nitrogen functional groups attached to an aromatic ring is 1. The Balaban J connectivity index is 2.03. The zero-order chi connectivity index (χ0) is 14.8. The Hall–Kier alpha value is -2.29. The molecule has 1 aliphatic heterocycles. The average Bonchev–Trinajstić information content (AvgIpc) is 2.71. The maximum absolute atomic E-state index is 12.9. The smallest absolute Gasteiger partial charge is 0.260 e. The number of aryl methyl sites for hydroxylation is 2. The third kappa shape index (κ3) is 2.64. The molecule has 0 unspecified atom stereocenters. The number of hydrogen-bond acceptors (Lipinski definition) is 2. The van der Waals surface area contributed by atoms with E-state index >= 15 is 0 Å². The number of rotatable bonds is 1. The van der Waals surface area contributed by atoms with Gasteiger partial charge in [0.05, 0.1) is 5.56 Å². The number of hydrogen-bond donors (Lipinski definition) is 1. The van der Waals surface area contributed by atoms with Crippen molar-refractivity contribution >= 4 is 17.3 Å². The zero-order valence-corrected chi connectivity index (χ0v) is 12.3. The summed E-state index contributed by atoms with van der Waals surface area (Å²) in [6.07, 6.45) is 3.17. The highest BCUT2D eigenvalue weighted by molar-refractivity contribution is 6.09. The van der Waals surface area contributed by atoms with Crippen LogP contribution in [0.5, 0.6) is 0 Å². The monoisotopic (exact) mass is 280 g/mol. The highest BCUT2D eigenvalue weighted by Crippen LogP contribution is 2.28. The van der Waals surface area contributed by atoms with E-state index in [2.05, 4.69) is 6.07 Å². The molecule has 0 fully saturated rings. The Labute approximate surface area is 125 Å². The molecule has 2 aromatic carbocycles. The minimum atomic E-state index is 0.00514. The molecule has 3 heteroatoms. The van der Waals surface area contributed by atoms with Crippen LogP contribution in [0, 0.1) is 6.92 Å². The lowest BCUT2D eigenvalue weighted by molar-refractivity contribution is 0.0987. The molecule has 0 saturated heterocycles. The normalized spacial score (nSPS) is 14.4. The Morgan fingerprint density at radius 1 is 1.14 bits per heavy atom. The first-order valence-corrected chi connectivity index (χ1v) is 7.43. The fourth-order valence-electron chi connectivity index (χ4n) is 2.90.